The van der Waals surface area contributed by atoms with Gasteiger partial charge in [0, 0.05) is 10.2 Å². The van der Waals surface area contributed by atoms with E-state index in [2.05, 4.69) is 36.8 Å². The molecule has 0 aliphatic carbocycles. The summed E-state index contributed by atoms with van der Waals surface area (Å²) in [5, 5.41) is 1.53. The Morgan fingerprint density at radius 3 is 2.83 bits per heavy atom. The van der Waals surface area contributed by atoms with Gasteiger partial charge in [-0.05, 0) is 36.8 Å². The number of ether oxygens (including phenoxy) is 1. The van der Waals surface area contributed by atoms with Gasteiger partial charge in [0.25, 0.3) is 0 Å². The van der Waals surface area contributed by atoms with Crippen molar-refractivity contribution in [1.82, 2.24) is 4.98 Å². The highest BCUT2D eigenvalue weighted by atomic mass is 79.9. The van der Waals surface area contributed by atoms with E-state index in [1.54, 1.807) is 0 Å². The number of hydrogen-bond acceptors (Lipinski definition) is 4. The average molecular weight is 447 g/mol. The van der Waals surface area contributed by atoms with Gasteiger partial charge in [-0.15, -0.1) is 0 Å². The lowest BCUT2D eigenvalue weighted by atomic mass is 10.0. The molecule has 23 heavy (non-hydrogen) atoms. The van der Waals surface area contributed by atoms with Gasteiger partial charge < -0.3 is 9.15 Å². The van der Waals surface area contributed by atoms with Crippen LogP contribution in [0.5, 0.6) is 6.08 Å². The fraction of sp³-hybridized carbons (Fsp3) is 0.529. The van der Waals surface area contributed by atoms with Gasteiger partial charge in [0.15, 0.2) is 0 Å². The first kappa shape index (κ1) is 18.5. The molecule has 6 heteroatoms. The molecule has 1 heterocycles. The van der Waals surface area contributed by atoms with Gasteiger partial charge in [-0.3, -0.25) is 0 Å². The third kappa shape index (κ3) is 5.31. The van der Waals surface area contributed by atoms with Gasteiger partial charge in [-0.1, -0.05) is 57.8 Å². The van der Waals surface area contributed by atoms with Crippen molar-refractivity contribution in [2.75, 3.05) is 11.9 Å². The fourth-order valence-electron chi connectivity index (χ4n) is 2.28. The van der Waals surface area contributed by atoms with E-state index < -0.39 is 0 Å². The van der Waals surface area contributed by atoms with Crippen LogP contribution < -0.4 is 10.4 Å². The second kappa shape index (κ2) is 8.83. The molecule has 2 aromatic rings. The van der Waals surface area contributed by atoms with E-state index in [-0.39, 0.29) is 11.7 Å². The van der Waals surface area contributed by atoms with Crippen LogP contribution >= 0.6 is 31.9 Å². The number of hydrogen-bond donors (Lipinski definition) is 0. The Bertz CT molecular complexity index is 700. The maximum absolute atomic E-state index is 12.4. The zero-order valence-electron chi connectivity index (χ0n) is 13.4. The van der Waals surface area contributed by atoms with Crippen molar-refractivity contribution in [3.63, 3.8) is 0 Å². The molecule has 0 bridgehead atoms. The molecule has 4 nitrogen and oxygen atoms in total. The van der Waals surface area contributed by atoms with Crippen LogP contribution in [0, 0.1) is 5.92 Å². The van der Waals surface area contributed by atoms with E-state index in [1.165, 1.54) is 0 Å². The van der Waals surface area contributed by atoms with Crippen molar-refractivity contribution in [2.45, 2.75) is 37.9 Å². The van der Waals surface area contributed by atoms with Crippen molar-refractivity contribution in [2.24, 2.45) is 5.92 Å². The van der Waals surface area contributed by atoms with Crippen LogP contribution in [-0.2, 0) is 6.42 Å². The maximum Gasteiger partial charge on any atom is 0.397 e. The molecule has 0 saturated heterocycles. The van der Waals surface area contributed by atoms with E-state index >= 15 is 0 Å². The largest absolute Gasteiger partial charge is 0.450 e. The highest BCUT2D eigenvalue weighted by molar-refractivity contribution is 9.09. The number of halogens is 2. The van der Waals surface area contributed by atoms with Crippen LogP contribution in [0.1, 0.15) is 32.3 Å². The van der Waals surface area contributed by atoms with Crippen molar-refractivity contribution >= 4 is 42.8 Å². The summed E-state index contributed by atoms with van der Waals surface area (Å²) in [5.74, 6) is 0.340. The molecule has 0 fully saturated rings. The van der Waals surface area contributed by atoms with Gasteiger partial charge in [-0.2, -0.15) is 4.98 Å². The summed E-state index contributed by atoms with van der Waals surface area (Å²) in [6.07, 6.45) is 2.93. The standard InChI is InChI=1S/C17H21Br2NO3/c1-11(2)10-22-17-20-14-7-3-5-12(15(14)16(21)23-17)9-13(19)6-4-8-18/h3,5,7,11,13H,4,6,8-10H2,1-2H3. The lowest BCUT2D eigenvalue weighted by Crippen LogP contribution is -2.12. The number of rotatable bonds is 8. The minimum atomic E-state index is -0.385. The molecule has 1 atom stereocenters. The van der Waals surface area contributed by atoms with Crippen molar-refractivity contribution in [1.29, 1.82) is 0 Å². The Morgan fingerprint density at radius 2 is 2.13 bits per heavy atom. The molecule has 2 rings (SSSR count). The molecular weight excluding hydrogens is 426 g/mol. The van der Waals surface area contributed by atoms with Gasteiger partial charge in [0.1, 0.15) is 0 Å². The van der Waals surface area contributed by atoms with Crippen molar-refractivity contribution in [3.05, 3.63) is 34.2 Å². The predicted octanol–water partition coefficient (Wildman–Crippen LogP) is 4.70. The van der Waals surface area contributed by atoms with Crippen LogP contribution in [0.25, 0.3) is 10.9 Å². The molecule has 0 radical (unpaired) electrons. The lowest BCUT2D eigenvalue weighted by Gasteiger charge is -2.11. The number of benzene rings is 1. The molecule has 1 unspecified atom stereocenters. The summed E-state index contributed by atoms with van der Waals surface area (Å²) in [5.41, 5.74) is 1.19. The van der Waals surface area contributed by atoms with Gasteiger partial charge >= 0.3 is 11.7 Å². The minimum Gasteiger partial charge on any atom is -0.450 e. The number of alkyl halides is 2. The summed E-state index contributed by atoms with van der Waals surface area (Å²) in [4.78, 5) is 17.0. The average Bonchev–Trinajstić information content (AvgIpc) is 2.50. The third-order valence-electron chi connectivity index (χ3n) is 3.36. The topological polar surface area (TPSA) is 52.3 Å². The van der Waals surface area contributed by atoms with Crippen molar-refractivity contribution in [3.8, 4) is 6.08 Å². The summed E-state index contributed by atoms with van der Waals surface area (Å²) in [6.45, 7) is 4.53. The van der Waals surface area contributed by atoms with Crippen LogP contribution in [0.4, 0.5) is 0 Å². The molecule has 126 valence electrons. The monoisotopic (exact) mass is 445 g/mol. The van der Waals surface area contributed by atoms with Crippen LogP contribution in [0.3, 0.4) is 0 Å². The van der Waals surface area contributed by atoms with E-state index in [0.717, 1.165) is 30.2 Å². The fourth-order valence-corrected chi connectivity index (χ4v) is 3.27. The second-order valence-corrected chi connectivity index (χ2v) is 8.00. The Hall–Kier alpha value is -0.880. The van der Waals surface area contributed by atoms with E-state index in [1.807, 2.05) is 32.0 Å². The summed E-state index contributed by atoms with van der Waals surface area (Å²) < 4.78 is 10.7. The quantitative estimate of drug-likeness (QED) is 0.551. The molecule has 0 N–H and O–H groups in total. The lowest BCUT2D eigenvalue weighted by molar-refractivity contribution is 0.191. The zero-order chi connectivity index (χ0) is 16.8. The Balaban J connectivity index is 2.28. The molecular formula is C17H21Br2NO3. The normalized spacial score (nSPS) is 12.7. The smallest absolute Gasteiger partial charge is 0.397 e. The summed E-state index contributed by atoms with van der Waals surface area (Å²) in [7, 11) is 0. The molecule has 0 aliphatic heterocycles. The maximum atomic E-state index is 12.4. The van der Waals surface area contributed by atoms with E-state index in [9.17, 15) is 4.79 Å². The molecule has 1 aromatic carbocycles. The second-order valence-electron chi connectivity index (χ2n) is 5.92. The first-order chi connectivity index (χ1) is 11.0. The molecule has 0 aliphatic rings. The van der Waals surface area contributed by atoms with E-state index in [0.29, 0.717) is 28.3 Å². The highest BCUT2D eigenvalue weighted by Crippen LogP contribution is 2.22. The Morgan fingerprint density at radius 1 is 1.35 bits per heavy atom. The van der Waals surface area contributed by atoms with Crippen molar-refractivity contribution < 1.29 is 9.15 Å². The minimum absolute atomic E-state index is 0.0445. The van der Waals surface area contributed by atoms with Gasteiger partial charge in [0.05, 0.1) is 17.5 Å². The zero-order valence-corrected chi connectivity index (χ0v) is 16.5. The van der Waals surface area contributed by atoms with E-state index in [4.69, 9.17) is 9.15 Å². The van der Waals surface area contributed by atoms with Crippen LogP contribution in [0.2, 0.25) is 0 Å². The number of aromatic nitrogens is 1. The van der Waals surface area contributed by atoms with Crippen LogP contribution in [0.15, 0.2) is 27.4 Å². The summed E-state index contributed by atoms with van der Waals surface area (Å²) in [6, 6.07) is 5.69. The predicted molar refractivity (Wildman–Crippen MR) is 100 cm³/mol. The summed E-state index contributed by atoms with van der Waals surface area (Å²) >= 11 is 7.12. The number of fused-ring (bicyclic) bond motifs is 1. The first-order valence-corrected chi connectivity index (χ1v) is 9.80. The highest BCUT2D eigenvalue weighted by Gasteiger charge is 2.14. The first-order valence-electron chi connectivity index (χ1n) is 7.76. The third-order valence-corrected chi connectivity index (χ3v) is 4.70. The van der Waals surface area contributed by atoms with Gasteiger partial charge in [-0.25, -0.2) is 4.79 Å². The molecule has 0 saturated carbocycles. The Kier molecular flexibility index (Phi) is 7.09. The molecule has 0 amide bonds. The SMILES string of the molecule is CC(C)COc1nc2cccc(CC(Br)CCCBr)c2c(=O)o1. The van der Waals surface area contributed by atoms with Crippen LogP contribution in [-0.4, -0.2) is 21.7 Å². The number of nitrogens with zero attached hydrogens (tertiary/aromatic N) is 1. The molecule has 1 aromatic heterocycles. The van der Waals surface area contributed by atoms with Gasteiger partial charge in [0.2, 0.25) is 0 Å². The Labute approximate surface area is 152 Å². The molecule has 0 spiro atoms.